The summed E-state index contributed by atoms with van der Waals surface area (Å²) in [5.74, 6) is -3.65. The van der Waals surface area contributed by atoms with Crippen molar-refractivity contribution in [3.8, 4) is 0 Å². The van der Waals surface area contributed by atoms with Crippen molar-refractivity contribution in [1.29, 1.82) is 0 Å². The Kier molecular flexibility index (Phi) is 7.67. The van der Waals surface area contributed by atoms with E-state index in [0.717, 1.165) is 0 Å². The average molecular weight is 306 g/mol. The summed E-state index contributed by atoms with van der Waals surface area (Å²) in [7, 11) is 0. The molecule has 1 atom stereocenters. The first-order valence-electron chi connectivity index (χ1n) is 6.32. The molecule has 1 fully saturated rings. The van der Waals surface area contributed by atoms with Gasteiger partial charge in [0.1, 0.15) is 5.60 Å². The van der Waals surface area contributed by atoms with Crippen molar-refractivity contribution in [3.63, 3.8) is 0 Å². The van der Waals surface area contributed by atoms with Crippen molar-refractivity contribution in [2.75, 3.05) is 26.3 Å². The molecule has 0 aliphatic carbocycles. The minimum atomic E-state index is -1.82. The predicted molar refractivity (Wildman–Crippen MR) is 71.9 cm³/mol. The van der Waals surface area contributed by atoms with Crippen LogP contribution < -0.4 is 5.73 Å². The van der Waals surface area contributed by atoms with Gasteiger partial charge in [0.25, 0.3) is 0 Å². The van der Waals surface area contributed by atoms with Crippen molar-refractivity contribution >= 4 is 18.0 Å². The van der Waals surface area contributed by atoms with E-state index >= 15 is 0 Å². The van der Waals surface area contributed by atoms with Gasteiger partial charge in [0.15, 0.2) is 0 Å². The number of morpholine rings is 1. The van der Waals surface area contributed by atoms with Crippen molar-refractivity contribution in [3.05, 3.63) is 0 Å². The van der Waals surface area contributed by atoms with E-state index in [1.165, 1.54) is 0 Å². The molecule has 0 radical (unpaired) electrons. The van der Waals surface area contributed by atoms with Crippen LogP contribution in [-0.2, 0) is 19.1 Å². The molecule has 1 heterocycles. The highest BCUT2D eigenvalue weighted by molar-refractivity contribution is 6.27. The summed E-state index contributed by atoms with van der Waals surface area (Å²) >= 11 is 0. The highest BCUT2D eigenvalue weighted by atomic mass is 16.6. The summed E-state index contributed by atoms with van der Waals surface area (Å²) in [6.07, 6.45) is -0.304. The molecule has 9 heteroatoms. The van der Waals surface area contributed by atoms with E-state index in [9.17, 15) is 4.79 Å². The summed E-state index contributed by atoms with van der Waals surface area (Å²) in [6, 6.07) is -0.0615. The zero-order chi connectivity index (χ0) is 16.6. The molecule has 1 aliphatic rings. The van der Waals surface area contributed by atoms with E-state index in [1.807, 2.05) is 20.8 Å². The Labute approximate surface area is 122 Å². The van der Waals surface area contributed by atoms with Gasteiger partial charge in [-0.25, -0.2) is 14.4 Å². The Morgan fingerprint density at radius 3 is 2.19 bits per heavy atom. The van der Waals surface area contributed by atoms with Gasteiger partial charge in [-0.15, -0.1) is 0 Å². The van der Waals surface area contributed by atoms with Crippen molar-refractivity contribution in [2.45, 2.75) is 32.4 Å². The molecule has 1 rings (SSSR count). The SMILES string of the molecule is CC(C)(C)OC(=O)N1CCOC[C@H]1CN.O=C(O)C(=O)O. The van der Waals surface area contributed by atoms with E-state index in [4.69, 9.17) is 35.0 Å². The topological polar surface area (TPSA) is 139 Å². The molecule has 1 aliphatic heterocycles. The standard InChI is InChI=1S/C10H20N2O3.C2H2O4/c1-10(2,3)15-9(13)12-4-5-14-7-8(12)6-11;3-1(4)2(5)6/h8H,4-7,11H2,1-3H3;(H,3,4)(H,5,6)/t8-;/m1./s1. The molecule has 0 saturated carbocycles. The van der Waals surface area contributed by atoms with Crippen LogP contribution >= 0.6 is 0 Å². The minimum Gasteiger partial charge on any atom is -0.473 e. The highest BCUT2D eigenvalue weighted by Gasteiger charge is 2.29. The average Bonchev–Trinajstić information content (AvgIpc) is 2.37. The van der Waals surface area contributed by atoms with E-state index < -0.39 is 17.5 Å². The number of nitrogens with two attached hydrogens (primary N) is 1. The third-order valence-corrected chi connectivity index (χ3v) is 2.31. The molecular formula is C12H22N2O7. The fraction of sp³-hybridized carbons (Fsp3) is 0.750. The highest BCUT2D eigenvalue weighted by Crippen LogP contribution is 2.13. The lowest BCUT2D eigenvalue weighted by atomic mass is 10.2. The maximum Gasteiger partial charge on any atom is 0.414 e. The summed E-state index contributed by atoms with van der Waals surface area (Å²) in [5.41, 5.74) is 5.10. The second kappa shape index (κ2) is 8.42. The van der Waals surface area contributed by atoms with E-state index in [-0.39, 0.29) is 12.1 Å². The van der Waals surface area contributed by atoms with Crippen molar-refractivity contribution in [1.82, 2.24) is 4.90 Å². The first-order chi connectivity index (χ1) is 9.58. The zero-order valence-electron chi connectivity index (χ0n) is 12.4. The molecule has 0 aromatic carbocycles. The Hall–Kier alpha value is -1.87. The number of hydrogen-bond acceptors (Lipinski definition) is 6. The number of amides is 1. The first kappa shape index (κ1) is 19.1. The minimum absolute atomic E-state index is 0.0615. The number of carbonyl (C=O) groups is 3. The smallest absolute Gasteiger partial charge is 0.414 e. The third-order valence-electron chi connectivity index (χ3n) is 2.31. The molecule has 0 aromatic rings. The summed E-state index contributed by atoms with van der Waals surface area (Å²) in [5, 5.41) is 14.8. The number of rotatable bonds is 1. The summed E-state index contributed by atoms with van der Waals surface area (Å²) < 4.78 is 10.5. The van der Waals surface area contributed by atoms with E-state index in [0.29, 0.717) is 26.3 Å². The van der Waals surface area contributed by atoms with Gasteiger partial charge in [-0.05, 0) is 20.8 Å². The number of carboxylic acid groups (broad SMARTS) is 2. The number of carbonyl (C=O) groups excluding carboxylic acids is 1. The zero-order valence-corrected chi connectivity index (χ0v) is 12.4. The lowest BCUT2D eigenvalue weighted by Gasteiger charge is -2.35. The van der Waals surface area contributed by atoms with Crippen LogP contribution in [0.15, 0.2) is 0 Å². The molecule has 21 heavy (non-hydrogen) atoms. The monoisotopic (exact) mass is 306 g/mol. The van der Waals surface area contributed by atoms with Gasteiger partial charge >= 0.3 is 18.0 Å². The molecule has 4 N–H and O–H groups in total. The van der Waals surface area contributed by atoms with Crippen LogP contribution in [0.4, 0.5) is 4.79 Å². The second-order valence-corrected chi connectivity index (χ2v) is 5.25. The number of hydrogen-bond donors (Lipinski definition) is 3. The van der Waals surface area contributed by atoms with Gasteiger partial charge in [0, 0.05) is 13.1 Å². The molecule has 0 spiro atoms. The Bertz CT molecular complexity index is 366. The van der Waals surface area contributed by atoms with Gasteiger partial charge in [-0.1, -0.05) is 0 Å². The largest absolute Gasteiger partial charge is 0.473 e. The molecule has 9 nitrogen and oxygen atoms in total. The van der Waals surface area contributed by atoms with E-state index in [1.54, 1.807) is 4.90 Å². The quantitative estimate of drug-likeness (QED) is 0.563. The van der Waals surface area contributed by atoms with Gasteiger partial charge in [0.05, 0.1) is 19.3 Å². The maximum absolute atomic E-state index is 11.8. The van der Waals surface area contributed by atoms with Crippen LogP contribution in [0.2, 0.25) is 0 Å². The summed E-state index contributed by atoms with van der Waals surface area (Å²) in [6.45, 7) is 7.55. The second-order valence-electron chi connectivity index (χ2n) is 5.25. The van der Waals surface area contributed by atoms with Crippen LogP contribution in [-0.4, -0.2) is 71.1 Å². The molecule has 1 saturated heterocycles. The van der Waals surface area contributed by atoms with Gasteiger partial charge in [-0.3, -0.25) is 4.90 Å². The number of aliphatic carboxylic acids is 2. The maximum atomic E-state index is 11.8. The van der Waals surface area contributed by atoms with Gasteiger partial charge < -0.3 is 25.4 Å². The van der Waals surface area contributed by atoms with Crippen LogP contribution in [0.1, 0.15) is 20.8 Å². The lowest BCUT2D eigenvalue weighted by molar-refractivity contribution is -0.159. The van der Waals surface area contributed by atoms with E-state index in [2.05, 4.69) is 0 Å². The molecule has 1 amide bonds. The summed E-state index contributed by atoms with van der Waals surface area (Å²) in [4.78, 5) is 31.6. The van der Waals surface area contributed by atoms with Crippen LogP contribution in [0, 0.1) is 0 Å². The Morgan fingerprint density at radius 2 is 1.81 bits per heavy atom. The Morgan fingerprint density at radius 1 is 1.29 bits per heavy atom. The number of ether oxygens (including phenoxy) is 2. The normalized spacial score (nSPS) is 18.3. The molecule has 0 aromatic heterocycles. The Balaban J connectivity index is 0.000000567. The number of nitrogens with zero attached hydrogens (tertiary/aromatic N) is 1. The predicted octanol–water partition coefficient (Wildman–Crippen LogP) is -0.263. The van der Waals surface area contributed by atoms with Crippen LogP contribution in [0.5, 0.6) is 0 Å². The number of carboxylic acids is 2. The third kappa shape index (κ3) is 8.10. The first-order valence-corrected chi connectivity index (χ1v) is 6.32. The van der Waals surface area contributed by atoms with Gasteiger partial charge in [-0.2, -0.15) is 0 Å². The molecule has 122 valence electrons. The fourth-order valence-electron chi connectivity index (χ4n) is 1.41. The molecule has 0 bridgehead atoms. The van der Waals surface area contributed by atoms with Crippen molar-refractivity contribution in [2.24, 2.45) is 5.73 Å². The molecular weight excluding hydrogens is 284 g/mol. The van der Waals surface area contributed by atoms with Gasteiger partial charge in [0.2, 0.25) is 0 Å². The van der Waals surface area contributed by atoms with Crippen molar-refractivity contribution < 1.29 is 34.1 Å². The lowest BCUT2D eigenvalue weighted by Crippen LogP contribution is -2.53. The van der Waals surface area contributed by atoms with Crippen LogP contribution in [0.3, 0.4) is 0 Å². The fourth-order valence-corrected chi connectivity index (χ4v) is 1.41. The molecule has 0 unspecified atom stereocenters. The van der Waals surface area contributed by atoms with Crippen LogP contribution in [0.25, 0.3) is 0 Å².